The van der Waals surface area contributed by atoms with Crippen LogP contribution in [-0.4, -0.2) is 12.8 Å². The molecular formula is C18H22BrNS. The predicted molar refractivity (Wildman–Crippen MR) is 97.2 cm³/mol. The van der Waals surface area contributed by atoms with Gasteiger partial charge in [-0.25, -0.2) is 0 Å². The second kappa shape index (κ2) is 8.02. The summed E-state index contributed by atoms with van der Waals surface area (Å²) in [6.45, 7) is 4.46. The molecule has 0 amide bonds. The summed E-state index contributed by atoms with van der Waals surface area (Å²) < 4.78 is 1.13. The van der Waals surface area contributed by atoms with Crippen molar-refractivity contribution in [2.75, 3.05) is 12.8 Å². The van der Waals surface area contributed by atoms with E-state index >= 15 is 0 Å². The molecule has 0 fully saturated rings. The smallest absolute Gasteiger partial charge is 0.0412 e. The van der Waals surface area contributed by atoms with Gasteiger partial charge in [0.25, 0.3) is 0 Å². The lowest BCUT2D eigenvalue weighted by atomic mass is 10.00. The summed E-state index contributed by atoms with van der Waals surface area (Å²) >= 11 is 5.36. The zero-order valence-corrected chi connectivity index (χ0v) is 15.2. The third kappa shape index (κ3) is 4.87. The lowest BCUT2D eigenvalue weighted by molar-refractivity contribution is 0.661. The van der Waals surface area contributed by atoms with Gasteiger partial charge in [0.15, 0.2) is 0 Å². The number of benzene rings is 2. The Morgan fingerprint density at radius 3 is 2.05 bits per heavy atom. The molecule has 1 nitrogen and oxygen atoms in total. The van der Waals surface area contributed by atoms with E-state index in [4.69, 9.17) is 0 Å². The van der Waals surface area contributed by atoms with E-state index in [0.717, 1.165) is 10.2 Å². The van der Waals surface area contributed by atoms with Crippen molar-refractivity contribution in [1.29, 1.82) is 0 Å². The second-order valence-corrected chi connectivity index (χ2v) is 7.44. The first-order valence-corrected chi connectivity index (χ1v) is 9.03. The molecule has 21 heavy (non-hydrogen) atoms. The Labute approximate surface area is 140 Å². The molecule has 1 atom stereocenters. The van der Waals surface area contributed by atoms with Crippen LogP contribution in [0.25, 0.3) is 0 Å². The standard InChI is InChI=1S/C18H22BrNS/c1-13(2)14-4-6-15(7-5-14)18(20-3)12-21-17-10-8-16(19)9-11-17/h4-11,13,18,20H,12H2,1-3H3. The Kier molecular flexibility index (Phi) is 6.34. The van der Waals surface area contributed by atoms with Gasteiger partial charge >= 0.3 is 0 Å². The minimum absolute atomic E-state index is 0.375. The highest BCUT2D eigenvalue weighted by atomic mass is 79.9. The summed E-state index contributed by atoms with van der Waals surface area (Å²) in [5.41, 5.74) is 2.75. The van der Waals surface area contributed by atoms with Gasteiger partial charge in [0.2, 0.25) is 0 Å². The van der Waals surface area contributed by atoms with Crippen LogP contribution in [0, 0.1) is 0 Å². The monoisotopic (exact) mass is 363 g/mol. The molecule has 2 aromatic rings. The van der Waals surface area contributed by atoms with Crippen LogP contribution in [0.4, 0.5) is 0 Å². The highest BCUT2D eigenvalue weighted by Gasteiger charge is 2.10. The van der Waals surface area contributed by atoms with Crippen LogP contribution in [0.3, 0.4) is 0 Å². The molecule has 0 saturated heterocycles. The van der Waals surface area contributed by atoms with Crippen molar-refractivity contribution in [3.8, 4) is 0 Å². The van der Waals surface area contributed by atoms with Gasteiger partial charge < -0.3 is 5.32 Å². The Balaban J connectivity index is 2.00. The number of hydrogen-bond donors (Lipinski definition) is 1. The first kappa shape index (κ1) is 16.6. The first-order chi connectivity index (χ1) is 10.1. The SMILES string of the molecule is CNC(CSc1ccc(Br)cc1)c1ccc(C(C)C)cc1. The molecule has 2 aromatic carbocycles. The second-order valence-electron chi connectivity index (χ2n) is 5.43. The fourth-order valence-electron chi connectivity index (χ4n) is 2.17. The summed E-state index contributed by atoms with van der Waals surface area (Å²) in [7, 11) is 2.03. The van der Waals surface area contributed by atoms with Crippen LogP contribution in [0.2, 0.25) is 0 Å². The minimum Gasteiger partial charge on any atom is -0.312 e. The molecule has 0 aromatic heterocycles. The molecule has 3 heteroatoms. The Hall–Kier alpha value is -0.770. The van der Waals surface area contributed by atoms with Crippen LogP contribution in [0.5, 0.6) is 0 Å². The van der Waals surface area contributed by atoms with E-state index in [1.165, 1.54) is 16.0 Å². The predicted octanol–water partition coefficient (Wildman–Crippen LogP) is 5.63. The van der Waals surface area contributed by atoms with E-state index in [1.54, 1.807) is 0 Å². The van der Waals surface area contributed by atoms with E-state index in [2.05, 4.69) is 83.6 Å². The molecule has 0 aliphatic heterocycles. The van der Waals surface area contributed by atoms with E-state index in [-0.39, 0.29) is 0 Å². The maximum atomic E-state index is 3.47. The van der Waals surface area contributed by atoms with Crippen LogP contribution >= 0.6 is 27.7 Å². The van der Waals surface area contributed by atoms with Gasteiger partial charge in [-0.3, -0.25) is 0 Å². The number of thioether (sulfide) groups is 1. The first-order valence-electron chi connectivity index (χ1n) is 7.25. The third-order valence-corrected chi connectivity index (χ3v) is 5.22. The van der Waals surface area contributed by atoms with Crippen LogP contribution in [-0.2, 0) is 0 Å². The zero-order chi connectivity index (χ0) is 15.2. The number of rotatable bonds is 6. The van der Waals surface area contributed by atoms with Crippen molar-refractivity contribution in [3.63, 3.8) is 0 Å². The van der Waals surface area contributed by atoms with Crippen molar-refractivity contribution in [2.45, 2.75) is 30.7 Å². The average Bonchev–Trinajstić information content (AvgIpc) is 2.50. The summed E-state index contributed by atoms with van der Waals surface area (Å²) in [4.78, 5) is 1.30. The Morgan fingerprint density at radius 1 is 0.952 bits per heavy atom. The summed E-state index contributed by atoms with van der Waals surface area (Å²) in [6, 6.07) is 17.9. The van der Waals surface area contributed by atoms with Gasteiger partial charge in [-0.2, -0.15) is 0 Å². The molecule has 0 bridgehead atoms. The average molecular weight is 364 g/mol. The van der Waals surface area contributed by atoms with Gasteiger partial charge in [0.05, 0.1) is 0 Å². The molecule has 0 aliphatic carbocycles. The summed E-state index contributed by atoms with van der Waals surface area (Å²) in [5, 5.41) is 3.42. The number of halogens is 1. The highest BCUT2D eigenvalue weighted by molar-refractivity contribution is 9.10. The van der Waals surface area contributed by atoms with Gasteiger partial charge in [0, 0.05) is 21.2 Å². The topological polar surface area (TPSA) is 12.0 Å². The fraction of sp³-hybridized carbons (Fsp3) is 0.333. The van der Waals surface area contributed by atoms with Crippen LogP contribution in [0.15, 0.2) is 57.9 Å². The van der Waals surface area contributed by atoms with Crippen molar-refractivity contribution >= 4 is 27.7 Å². The maximum absolute atomic E-state index is 3.47. The van der Waals surface area contributed by atoms with Crippen molar-refractivity contribution in [2.24, 2.45) is 0 Å². The van der Waals surface area contributed by atoms with E-state index < -0.39 is 0 Å². The molecular weight excluding hydrogens is 342 g/mol. The van der Waals surface area contributed by atoms with Gasteiger partial charge in [-0.15, -0.1) is 11.8 Å². The zero-order valence-electron chi connectivity index (χ0n) is 12.8. The fourth-order valence-corrected chi connectivity index (χ4v) is 3.48. The Bertz CT molecular complexity index is 548. The minimum atomic E-state index is 0.375. The summed E-state index contributed by atoms with van der Waals surface area (Å²) in [6.07, 6.45) is 0. The molecule has 1 N–H and O–H groups in total. The molecule has 0 radical (unpaired) electrons. The molecule has 2 rings (SSSR count). The third-order valence-electron chi connectivity index (χ3n) is 3.58. The van der Waals surface area contributed by atoms with E-state index in [9.17, 15) is 0 Å². The van der Waals surface area contributed by atoms with Crippen molar-refractivity contribution in [1.82, 2.24) is 5.32 Å². The maximum Gasteiger partial charge on any atom is 0.0412 e. The number of hydrogen-bond acceptors (Lipinski definition) is 2. The van der Waals surface area contributed by atoms with Gasteiger partial charge in [-0.1, -0.05) is 54.0 Å². The normalized spacial score (nSPS) is 12.6. The molecule has 0 saturated carbocycles. The largest absolute Gasteiger partial charge is 0.312 e. The molecule has 0 spiro atoms. The van der Waals surface area contributed by atoms with Crippen molar-refractivity contribution in [3.05, 3.63) is 64.1 Å². The van der Waals surface area contributed by atoms with E-state index in [1.807, 2.05) is 18.8 Å². The lowest BCUT2D eigenvalue weighted by Crippen LogP contribution is -2.18. The summed E-state index contributed by atoms with van der Waals surface area (Å²) in [5.74, 6) is 1.61. The van der Waals surface area contributed by atoms with Crippen LogP contribution in [0.1, 0.15) is 36.9 Å². The molecule has 0 aliphatic rings. The van der Waals surface area contributed by atoms with Gasteiger partial charge in [-0.05, 0) is 48.4 Å². The molecule has 0 heterocycles. The van der Waals surface area contributed by atoms with Crippen LogP contribution < -0.4 is 5.32 Å². The van der Waals surface area contributed by atoms with Gasteiger partial charge in [0.1, 0.15) is 0 Å². The molecule has 112 valence electrons. The Morgan fingerprint density at radius 2 is 1.52 bits per heavy atom. The molecule has 1 unspecified atom stereocenters. The van der Waals surface area contributed by atoms with E-state index in [0.29, 0.717) is 12.0 Å². The quantitative estimate of drug-likeness (QED) is 0.667. The lowest BCUT2D eigenvalue weighted by Gasteiger charge is -2.17. The van der Waals surface area contributed by atoms with Crippen molar-refractivity contribution < 1.29 is 0 Å². The highest BCUT2D eigenvalue weighted by Crippen LogP contribution is 2.26. The number of nitrogens with one attached hydrogen (secondary N) is 1.